The van der Waals surface area contributed by atoms with E-state index >= 15 is 0 Å². The first-order chi connectivity index (χ1) is 9.89. The molecule has 2 nitrogen and oxygen atoms in total. The molecule has 1 aliphatic rings. The Hall–Kier alpha value is -1.64. The van der Waals surface area contributed by atoms with Gasteiger partial charge in [-0.2, -0.15) is 0 Å². The summed E-state index contributed by atoms with van der Waals surface area (Å²) >= 11 is 0. The minimum atomic E-state index is -1.21. The van der Waals surface area contributed by atoms with Gasteiger partial charge in [0, 0.05) is 12.0 Å². The normalized spacial score (nSPS) is 24.9. The number of hydrogen-bond acceptors (Lipinski definition) is 2. The fraction of sp³-hybridized carbons (Fsp3) is 0.368. The van der Waals surface area contributed by atoms with Gasteiger partial charge < -0.3 is 9.84 Å². The Morgan fingerprint density at radius 3 is 2.29 bits per heavy atom. The summed E-state index contributed by atoms with van der Waals surface area (Å²) < 4.78 is 6.14. The molecule has 2 atom stereocenters. The largest absolute Gasteiger partial charge is 0.362 e. The third-order valence-electron chi connectivity index (χ3n) is 3.85. The van der Waals surface area contributed by atoms with E-state index in [2.05, 4.69) is 20.8 Å². The second-order valence-corrected chi connectivity index (χ2v) is 7.02. The number of fused-ring (bicyclic) bond motifs is 1. The van der Waals surface area contributed by atoms with Crippen molar-refractivity contribution in [3.63, 3.8) is 0 Å². The molecule has 1 heterocycles. The van der Waals surface area contributed by atoms with Crippen molar-refractivity contribution in [1.29, 1.82) is 0 Å². The molecule has 2 unspecified atom stereocenters. The fourth-order valence-corrected chi connectivity index (χ4v) is 3.13. The van der Waals surface area contributed by atoms with Crippen molar-refractivity contribution < 1.29 is 9.84 Å². The van der Waals surface area contributed by atoms with Crippen molar-refractivity contribution in [2.24, 2.45) is 5.41 Å². The van der Waals surface area contributed by atoms with Crippen LogP contribution in [0.1, 0.15) is 50.0 Å². The maximum atomic E-state index is 11.1. The Morgan fingerprint density at radius 2 is 1.62 bits per heavy atom. The van der Waals surface area contributed by atoms with Gasteiger partial charge in [-0.15, -0.1) is 0 Å². The van der Waals surface area contributed by atoms with Crippen molar-refractivity contribution in [2.75, 3.05) is 0 Å². The summed E-state index contributed by atoms with van der Waals surface area (Å²) in [5, 5.41) is 11.1. The molecule has 0 saturated heterocycles. The zero-order valence-corrected chi connectivity index (χ0v) is 12.8. The lowest BCUT2D eigenvalue weighted by Gasteiger charge is -2.31. The molecule has 21 heavy (non-hydrogen) atoms. The molecule has 0 aliphatic carbocycles. The van der Waals surface area contributed by atoms with E-state index in [1.165, 1.54) is 0 Å². The van der Waals surface area contributed by atoms with Gasteiger partial charge in [-0.25, -0.2) is 0 Å². The van der Waals surface area contributed by atoms with Crippen molar-refractivity contribution in [3.05, 3.63) is 71.3 Å². The first-order valence-electron chi connectivity index (χ1n) is 7.44. The Morgan fingerprint density at radius 1 is 1.00 bits per heavy atom. The summed E-state index contributed by atoms with van der Waals surface area (Å²) in [5.74, 6) is -1.21. The van der Waals surface area contributed by atoms with Gasteiger partial charge in [0.15, 0.2) is 5.79 Å². The molecule has 0 saturated carbocycles. The Kier molecular flexibility index (Phi) is 3.39. The topological polar surface area (TPSA) is 29.5 Å². The monoisotopic (exact) mass is 282 g/mol. The molecule has 2 aromatic carbocycles. The average Bonchev–Trinajstić information content (AvgIpc) is 2.72. The predicted octanol–water partition coefficient (Wildman–Crippen LogP) is 4.39. The standard InChI is InChI=1S/C19H22O2/c1-18(2,3)13-19(20)16-12-8-7-11-15(16)17(21-19)14-9-5-4-6-10-14/h4-12,17,20H,13H2,1-3H3. The van der Waals surface area contributed by atoms with Gasteiger partial charge >= 0.3 is 0 Å². The molecule has 0 bridgehead atoms. The van der Waals surface area contributed by atoms with Crippen LogP contribution in [0.2, 0.25) is 0 Å². The Bertz CT molecular complexity index is 628. The third-order valence-corrected chi connectivity index (χ3v) is 3.85. The van der Waals surface area contributed by atoms with Crippen molar-refractivity contribution >= 4 is 0 Å². The number of benzene rings is 2. The molecular weight excluding hydrogens is 260 g/mol. The minimum absolute atomic E-state index is 0.0204. The third kappa shape index (κ3) is 2.74. The first kappa shape index (κ1) is 14.3. The van der Waals surface area contributed by atoms with Crippen LogP contribution in [-0.4, -0.2) is 5.11 Å². The number of hydrogen-bond donors (Lipinski definition) is 1. The van der Waals surface area contributed by atoms with Gasteiger partial charge in [0.25, 0.3) is 0 Å². The van der Waals surface area contributed by atoms with E-state index in [1.54, 1.807) is 0 Å². The van der Waals surface area contributed by atoms with Gasteiger partial charge in [-0.3, -0.25) is 0 Å². The summed E-state index contributed by atoms with van der Waals surface area (Å²) in [7, 11) is 0. The van der Waals surface area contributed by atoms with Crippen molar-refractivity contribution in [2.45, 2.75) is 39.1 Å². The van der Waals surface area contributed by atoms with E-state index in [-0.39, 0.29) is 11.5 Å². The van der Waals surface area contributed by atoms with E-state index in [4.69, 9.17) is 4.74 Å². The smallest absolute Gasteiger partial charge is 0.194 e. The van der Waals surface area contributed by atoms with Crippen LogP contribution in [0.3, 0.4) is 0 Å². The summed E-state index contributed by atoms with van der Waals surface area (Å²) in [4.78, 5) is 0. The molecular formula is C19H22O2. The van der Waals surface area contributed by atoms with E-state index in [1.807, 2.05) is 54.6 Å². The quantitative estimate of drug-likeness (QED) is 0.885. The molecule has 1 aliphatic heterocycles. The highest BCUT2D eigenvalue weighted by Gasteiger charge is 2.45. The van der Waals surface area contributed by atoms with E-state index < -0.39 is 5.79 Å². The molecule has 0 spiro atoms. The fourth-order valence-electron chi connectivity index (χ4n) is 3.13. The van der Waals surface area contributed by atoms with Crippen LogP contribution in [0.15, 0.2) is 54.6 Å². The minimum Gasteiger partial charge on any atom is -0.362 e. The SMILES string of the molecule is CC(C)(C)CC1(O)OC(c2ccccc2)c2ccccc21. The second kappa shape index (κ2) is 4.97. The highest BCUT2D eigenvalue weighted by atomic mass is 16.6. The predicted molar refractivity (Wildman–Crippen MR) is 83.8 cm³/mol. The molecule has 0 fully saturated rings. The van der Waals surface area contributed by atoms with Crippen LogP contribution in [0.4, 0.5) is 0 Å². The van der Waals surface area contributed by atoms with E-state index in [9.17, 15) is 5.11 Å². The zero-order chi connectivity index (χ0) is 15.1. The Balaban J connectivity index is 2.05. The molecule has 2 heteroatoms. The lowest BCUT2D eigenvalue weighted by atomic mass is 9.84. The van der Waals surface area contributed by atoms with Gasteiger partial charge in [0.2, 0.25) is 0 Å². The van der Waals surface area contributed by atoms with Crippen molar-refractivity contribution in [1.82, 2.24) is 0 Å². The van der Waals surface area contributed by atoms with E-state index in [0.717, 1.165) is 16.7 Å². The van der Waals surface area contributed by atoms with Crippen LogP contribution in [0.25, 0.3) is 0 Å². The van der Waals surface area contributed by atoms with Crippen LogP contribution in [0, 0.1) is 5.41 Å². The molecule has 0 radical (unpaired) electrons. The molecule has 1 N–H and O–H groups in total. The average molecular weight is 282 g/mol. The maximum Gasteiger partial charge on any atom is 0.194 e. The number of ether oxygens (including phenoxy) is 1. The summed E-state index contributed by atoms with van der Waals surface area (Å²) in [6.07, 6.45) is 0.370. The van der Waals surface area contributed by atoms with Crippen LogP contribution < -0.4 is 0 Å². The maximum absolute atomic E-state index is 11.1. The van der Waals surface area contributed by atoms with Gasteiger partial charge in [-0.05, 0) is 16.5 Å². The first-order valence-corrected chi connectivity index (χ1v) is 7.44. The number of aliphatic hydroxyl groups is 1. The lowest BCUT2D eigenvalue weighted by Crippen LogP contribution is -2.31. The van der Waals surface area contributed by atoms with Crippen LogP contribution >= 0.6 is 0 Å². The van der Waals surface area contributed by atoms with Crippen molar-refractivity contribution in [3.8, 4) is 0 Å². The summed E-state index contributed by atoms with van der Waals surface area (Å²) in [6.45, 7) is 6.35. The number of rotatable bonds is 2. The molecule has 2 aromatic rings. The van der Waals surface area contributed by atoms with Gasteiger partial charge in [-0.1, -0.05) is 75.4 Å². The molecule has 0 aromatic heterocycles. The van der Waals surface area contributed by atoms with Gasteiger partial charge in [0.05, 0.1) is 0 Å². The van der Waals surface area contributed by atoms with Crippen LogP contribution in [-0.2, 0) is 10.5 Å². The molecule has 3 rings (SSSR count). The zero-order valence-electron chi connectivity index (χ0n) is 12.8. The summed E-state index contributed by atoms with van der Waals surface area (Å²) in [5.41, 5.74) is 3.02. The lowest BCUT2D eigenvalue weighted by molar-refractivity contribution is -0.231. The van der Waals surface area contributed by atoms with E-state index in [0.29, 0.717) is 6.42 Å². The Labute approximate surface area is 126 Å². The van der Waals surface area contributed by atoms with Crippen LogP contribution in [0.5, 0.6) is 0 Å². The summed E-state index contributed by atoms with van der Waals surface area (Å²) in [6, 6.07) is 18.1. The van der Waals surface area contributed by atoms with Gasteiger partial charge in [0.1, 0.15) is 6.10 Å². The highest BCUT2D eigenvalue weighted by Crippen LogP contribution is 2.49. The molecule has 0 amide bonds. The molecule has 110 valence electrons. The highest BCUT2D eigenvalue weighted by molar-refractivity contribution is 5.42. The second-order valence-electron chi connectivity index (χ2n) is 7.02.